The van der Waals surface area contributed by atoms with E-state index >= 15 is 0 Å². The summed E-state index contributed by atoms with van der Waals surface area (Å²) in [6.07, 6.45) is 0.303. The number of nitrogens with zero attached hydrogens (tertiary/aromatic N) is 1. The highest BCUT2D eigenvalue weighted by Gasteiger charge is 2.42. The highest BCUT2D eigenvalue weighted by molar-refractivity contribution is 6.05. The Morgan fingerprint density at radius 1 is 1.26 bits per heavy atom. The van der Waals surface area contributed by atoms with Gasteiger partial charge < -0.3 is 10.2 Å². The van der Waals surface area contributed by atoms with Crippen molar-refractivity contribution < 1.29 is 14.0 Å². The lowest BCUT2D eigenvalue weighted by Gasteiger charge is -2.20. The molecule has 1 aliphatic heterocycles. The largest absolute Gasteiger partial charge is 0.379 e. The summed E-state index contributed by atoms with van der Waals surface area (Å²) >= 11 is 0. The van der Waals surface area contributed by atoms with Gasteiger partial charge in [0.05, 0.1) is 5.71 Å². The van der Waals surface area contributed by atoms with Gasteiger partial charge in [-0.2, -0.15) is 0 Å². The van der Waals surface area contributed by atoms with Crippen molar-refractivity contribution in [1.29, 1.82) is 0 Å². The Hall–Kier alpha value is -2.69. The van der Waals surface area contributed by atoms with E-state index in [1.807, 2.05) is 30.3 Å². The standard InChI is InChI=1S/C18H17FN2O2/c1-18(17(22)20-12-13-6-3-2-4-7-13)11-16(21-23-18)14-8-5-9-15(19)10-14/h2-10H,11-12H2,1H3,(H,20,22). The molecule has 1 N–H and O–H groups in total. The Morgan fingerprint density at radius 2 is 2.04 bits per heavy atom. The molecule has 1 aliphatic rings. The van der Waals surface area contributed by atoms with Crippen molar-refractivity contribution in [3.8, 4) is 0 Å². The van der Waals surface area contributed by atoms with Crippen LogP contribution < -0.4 is 5.32 Å². The maximum absolute atomic E-state index is 13.3. The second-order valence-electron chi connectivity index (χ2n) is 5.72. The minimum absolute atomic E-state index is 0.239. The summed E-state index contributed by atoms with van der Waals surface area (Å²) in [6.45, 7) is 2.11. The van der Waals surface area contributed by atoms with Crippen LogP contribution in [0.4, 0.5) is 4.39 Å². The number of hydrogen-bond donors (Lipinski definition) is 1. The van der Waals surface area contributed by atoms with Gasteiger partial charge in [-0.1, -0.05) is 47.6 Å². The lowest BCUT2D eigenvalue weighted by molar-refractivity contribution is -0.141. The predicted octanol–water partition coefficient (Wildman–Crippen LogP) is 3.03. The van der Waals surface area contributed by atoms with Gasteiger partial charge in [0.25, 0.3) is 5.91 Å². The van der Waals surface area contributed by atoms with E-state index < -0.39 is 5.60 Å². The highest BCUT2D eigenvalue weighted by atomic mass is 19.1. The molecular weight excluding hydrogens is 295 g/mol. The van der Waals surface area contributed by atoms with Crippen LogP contribution in [0.2, 0.25) is 0 Å². The fourth-order valence-corrected chi connectivity index (χ4v) is 2.45. The van der Waals surface area contributed by atoms with E-state index in [0.29, 0.717) is 24.2 Å². The molecule has 0 aliphatic carbocycles. The van der Waals surface area contributed by atoms with Crippen LogP contribution in [0.15, 0.2) is 59.8 Å². The van der Waals surface area contributed by atoms with Gasteiger partial charge in [-0.15, -0.1) is 0 Å². The molecule has 1 amide bonds. The first kappa shape index (κ1) is 15.2. The van der Waals surface area contributed by atoms with Gasteiger partial charge in [0, 0.05) is 18.5 Å². The molecule has 5 heteroatoms. The zero-order valence-electron chi connectivity index (χ0n) is 12.8. The summed E-state index contributed by atoms with van der Waals surface area (Å²) < 4.78 is 13.3. The molecule has 4 nitrogen and oxygen atoms in total. The van der Waals surface area contributed by atoms with E-state index in [1.165, 1.54) is 12.1 Å². The summed E-state index contributed by atoms with van der Waals surface area (Å²) in [7, 11) is 0. The van der Waals surface area contributed by atoms with E-state index in [4.69, 9.17) is 4.84 Å². The molecule has 2 aromatic carbocycles. The third-order valence-electron chi connectivity index (χ3n) is 3.80. The van der Waals surface area contributed by atoms with Crippen molar-refractivity contribution in [2.75, 3.05) is 0 Å². The summed E-state index contributed by atoms with van der Waals surface area (Å²) in [5, 5.41) is 6.82. The molecule has 1 heterocycles. The Kier molecular flexibility index (Phi) is 4.10. The number of rotatable bonds is 4. The molecule has 3 rings (SSSR count). The number of carbonyl (C=O) groups excluding carboxylic acids is 1. The molecule has 118 valence electrons. The number of benzene rings is 2. The van der Waals surface area contributed by atoms with E-state index in [-0.39, 0.29) is 11.7 Å². The van der Waals surface area contributed by atoms with Gasteiger partial charge >= 0.3 is 0 Å². The van der Waals surface area contributed by atoms with Crippen molar-refractivity contribution in [3.63, 3.8) is 0 Å². The molecule has 1 unspecified atom stereocenters. The fraction of sp³-hybridized carbons (Fsp3) is 0.222. The van der Waals surface area contributed by atoms with Crippen LogP contribution >= 0.6 is 0 Å². The van der Waals surface area contributed by atoms with Gasteiger partial charge in [-0.3, -0.25) is 4.79 Å². The van der Waals surface area contributed by atoms with Crippen molar-refractivity contribution in [3.05, 3.63) is 71.5 Å². The average Bonchev–Trinajstić information content (AvgIpc) is 2.97. The molecule has 0 radical (unpaired) electrons. The summed E-state index contributed by atoms with van der Waals surface area (Å²) in [5.74, 6) is -0.580. The third kappa shape index (κ3) is 3.39. The lowest BCUT2D eigenvalue weighted by Crippen LogP contribution is -2.44. The Morgan fingerprint density at radius 3 is 2.78 bits per heavy atom. The van der Waals surface area contributed by atoms with Crippen LogP contribution in [0, 0.1) is 5.82 Å². The van der Waals surface area contributed by atoms with Crippen LogP contribution in [0.5, 0.6) is 0 Å². The van der Waals surface area contributed by atoms with E-state index in [2.05, 4.69) is 10.5 Å². The van der Waals surface area contributed by atoms with Crippen LogP contribution in [0.25, 0.3) is 0 Å². The molecule has 1 atom stereocenters. The maximum atomic E-state index is 13.3. The third-order valence-corrected chi connectivity index (χ3v) is 3.80. The Labute approximate surface area is 134 Å². The number of amides is 1. The number of oxime groups is 1. The van der Waals surface area contributed by atoms with Crippen molar-refractivity contribution in [2.45, 2.75) is 25.5 Å². The quantitative estimate of drug-likeness (QED) is 0.943. The van der Waals surface area contributed by atoms with Crippen LogP contribution in [0.1, 0.15) is 24.5 Å². The topological polar surface area (TPSA) is 50.7 Å². The average molecular weight is 312 g/mol. The Balaban J connectivity index is 1.64. The number of halogens is 1. The molecule has 0 saturated carbocycles. The first-order chi connectivity index (χ1) is 11.1. The number of nitrogens with one attached hydrogen (secondary N) is 1. The summed E-state index contributed by atoms with van der Waals surface area (Å²) in [4.78, 5) is 17.8. The van der Waals surface area contributed by atoms with Crippen LogP contribution in [-0.2, 0) is 16.2 Å². The first-order valence-electron chi connectivity index (χ1n) is 7.40. The van der Waals surface area contributed by atoms with Crippen molar-refractivity contribution in [2.24, 2.45) is 5.16 Å². The molecule has 2 aromatic rings. The molecule has 23 heavy (non-hydrogen) atoms. The molecule has 0 saturated heterocycles. The predicted molar refractivity (Wildman–Crippen MR) is 85.3 cm³/mol. The van der Waals surface area contributed by atoms with E-state index in [9.17, 15) is 9.18 Å². The first-order valence-corrected chi connectivity index (χ1v) is 7.40. The molecule has 0 bridgehead atoms. The Bertz CT molecular complexity index is 746. The highest BCUT2D eigenvalue weighted by Crippen LogP contribution is 2.27. The second-order valence-corrected chi connectivity index (χ2v) is 5.72. The molecule has 0 spiro atoms. The lowest BCUT2D eigenvalue weighted by atomic mass is 9.95. The normalized spacial score (nSPS) is 19.8. The zero-order chi connectivity index (χ0) is 16.3. The summed E-state index contributed by atoms with van der Waals surface area (Å²) in [6, 6.07) is 15.7. The van der Waals surface area contributed by atoms with E-state index in [1.54, 1.807) is 19.1 Å². The summed E-state index contributed by atoms with van der Waals surface area (Å²) in [5.41, 5.74) is 1.14. The smallest absolute Gasteiger partial charge is 0.267 e. The van der Waals surface area contributed by atoms with E-state index in [0.717, 1.165) is 5.56 Å². The second kappa shape index (κ2) is 6.20. The van der Waals surface area contributed by atoms with Crippen molar-refractivity contribution in [1.82, 2.24) is 5.32 Å². The monoisotopic (exact) mass is 312 g/mol. The van der Waals surface area contributed by atoms with Gasteiger partial charge in [-0.05, 0) is 24.6 Å². The molecular formula is C18H17FN2O2. The number of hydrogen-bond acceptors (Lipinski definition) is 3. The van der Waals surface area contributed by atoms with Gasteiger partial charge in [0.2, 0.25) is 5.60 Å². The molecule has 0 fully saturated rings. The van der Waals surface area contributed by atoms with Gasteiger partial charge in [-0.25, -0.2) is 4.39 Å². The SMILES string of the molecule is CC1(C(=O)NCc2ccccc2)CC(c2cccc(F)c2)=NO1. The fourth-order valence-electron chi connectivity index (χ4n) is 2.45. The minimum Gasteiger partial charge on any atom is -0.379 e. The zero-order valence-corrected chi connectivity index (χ0v) is 12.8. The maximum Gasteiger partial charge on any atom is 0.267 e. The van der Waals surface area contributed by atoms with Gasteiger partial charge in [0.1, 0.15) is 5.82 Å². The molecule has 0 aromatic heterocycles. The van der Waals surface area contributed by atoms with Gasteiger partial charge in [0.15, 0.2) is 0 Å². The number of carbonyl (C=O) groups is 1. The van der Waals surface area contributed by atoms with Crippen LogP contribution in [0.3, 0.4) is 0 Å². The van der Waals surface area contributed by atoms with Crippen LogP contribution in [-0.4, -0.2) is 17.2 Å². The minimum atomic E-state index is -1.07. The van der Waals surface area contributed by atoms with Crippen molar-refractivity contribution >= 4 is 11.6 Å².